The molecule has 0 radical (unpaired) electrons. The summed E-state index contributed by atoms with van der Waals surface area (Å²) in [5, 5.41) is 5.58. The fourth-order valence-electron chi connectivity index (χ4n) is 4.32. The third-order valence-electron chi connectivity index (χ3n) is 6.67. The standard InChI is InChI=1S/C27H26F6IN5OS/c1-4-38(5-2)11-10-37(3)25-35-24(40)22(41-25)13-16-6-9-21-19(12-16)23(34)36-39(21)15-17-7-8-18(26(28,29)30)14-20(17)27(31,32)33/h6-9,12-14H,4-5,10-11,15H2,1-3H3/b22-13-. The van der Waals surface area contributed by atoms with E-state index in [2.05, 4.69) is 28.8 Å². The van der Waals surface area contributed by atoms with E-state index in [4.69, 9.17) is 0 Å². The van der Waals surface area contributed by atoms with Gasteiger partial charge in [-0.15, -0.1) is 0 Å². The van der Waals surface area contributed by atoms with Crippen LogP contribution in [0.25, 0.3) is 17.0 Å². The van der Waals surface area contributed by atoms with E-state index in [1.165, 1.54) is 16.4 Å². The second-order valence-corrected chi connectivity index (χ2v) is 11.4. The molecule has 1 aliphatic heterocycles. The van der Waals surface area contributed by atoms with E-state index >= 15 is 0 Å². The van der Waals surface area contributed by atoms with E-state index in [1.807, 2.05) is 34.5 Å². The average Bonchev–Trinajstić information content (AvgIpc) is 3.42. The lowest BCUT2D eigenvalue weighted by Crippen LogP contribution is -2.34. The molecule has 14 heteroatoms. The second kappa shape index (κ2) is 12.3. The third-order valence-corrected chi connectivity index (χ3v) is 8.57. The van der Waals surface area contributed by atoms with Gasteiger partial charge in [0.1, 0.15) is 3.70 Å². The van der Waals surface area contributed by atoms with E-state index in [9.17, 15) is 31.1 Å². The van der Waals surface area contributed by atoms with Gasteiger partial charge in [0.25, 0.3) is 5.91 Å². The van der Waals surface area contributed by atoms with Crippen molar-refractivity contribution in [3.63, 3.8) is 0 Å². The third kappa shape index (κ3) is 7.25. The number of thioether (sulfide) groups is 1. The molecule has 6 nitrogen and oxygen atoms in total. The lowest BCUT2D eigenvalue weighted by Gasteiger charge is -2.23. The fourth-order valence-corrected chi connectivity index (χ4v) is 5.92. The van der Waals surface area contributed by atoms with Gasteiger partial charge in [0.05, 0.1) is 28.1 Å². The van der Waals surface area contributed by atoms with Gasteiger partial charge in [-0.3, -0.25) is 9.48 Å². The first-order valence-corrected chi connectivity index (χ1v) is 14.5. The molecule has 0 atom stereocenters. The average molecular weight is 709 g/mol. The zero-order valence-electron chi connectivity index (χ0n) is 22.3. The predicted octanol–water partition coefficient (Wildman–Crippen LogP) is 6.97. The number of hydrogen-bond acceptors (Lipinski definition) is 5. The highest BCUT2D eigenvalue weighted by atomic mass is 127. The monoisotopic (exact) mass is 709 g/mol. The molecule has 0 aliphatic carbocycles. The van der Waals surface area contributed by atoms with Gasteiger partial charge in [0, 0.05) is 25.5 Å². The van der Waals surface area contributed by atoms with Crippen LogP contribution in [0.5, 0.6) is 0 Å². The molecule has 0 saturated carbocycles. The van der Waals surface area contributed by atoms with Crippen LogP contribution in [0.3, 0.4) is 0 Å². The Labute approximate surface area is 250 Å². The summed E-state index contributed by atoms with van der Waals surface area (Å²) in [6.45, 7) is 7.22. The highest BCUT2D eigenvalue weighted by molar-refractivity contribution is 14.1. The van der Waals surface area contributed by atoms with Gasteiger partial charge in [0.15, 0.2) is 5.17 Å². The summed E-state index contributed by atoms with van der Waals surface area (Å²) in [5.41, 5.74) is -1.88. The second-order valence-electron chi connectivity index (χ2n) is 9.35. The van der Waals surface area contributed by atoms with E-state index in [1.54, 1.807) is 24.3 Å². The Hall–Kier alpha value is -2.59. The highest BCUT2D eigenvalue weighted by Gasteiger charge is 2.38. The van der Waals surface area contributed by atoms with Gasteiger partial charge in [-0.1, -0.05) is 26.0 Å². The zero-order valence-corrected chi connectivity index (χ0v) is 25.2. The first-order valence-electron chi connectivity index (χ1n) is 12.6. The maximum Gasteiger partial charge on any atom is 0.416 e. The van der Waals surface area contributed by atoms with Crippen LogP contribution in [0, 0.1) is 3.70 Å². The van der Waals surface area contributed by atoms with Crippen LogP contribution < -0.4 is 0 Å². The Morgan fingerprint density at radius 3 is 2.34 bits per heavy atom. The first-order chi connectivity index (χ1) is 19.2. The van der Waals surface area contributed by atoms with E-state index < -0.39 is 23.5 Å². The smallest absolute Gasteiger partial charge is 0.353 e. The minimum absolute atomic E-state index is 0.129. The van der Waals surface area contributed by atoms with Crippen molar-refractivity contribution >= 4 is 62.4 Å². The van der Waals surface area contributed by atoms with Crippen LogP contribution in [0.2, 0.25) is 0 Å². The minimum Gasteiger partial charge on any atom is -0.353 e. The number of carbonyl (C=O) groups is 1. The molecule has 0 N–H and O–H groups in total. The molecular formula is C27H26F6IN5OS. The molecule has 0 saturated heterocycles. The van der Waals surface area contributed by atoms with Crippen molar-refractivity contribution in [1.82, 2.24) is 19.6 Å². The molecule has 2 aromatic carbocycles. The molecule has 41 heavy (non-hydrogen) atoms. The first kappa shape index (κ1) is 31.3. The number of amides is 1. The van der Waals surface area contributed by atoms with Gasteiger partial charge in [-0.05, 0) is 88.9 Å². The van der Waals surface area contributed by atoms with E-state index in [0.717, 1.165) is 25.7 Å². The zero-order chi connectivity index (χ0) is 30.1. The summed E-state index contributed by atoms with van der Waals surface area (Å²) >= 11 is 3.22. The molecule has 0 fully saturated rings. The number of halogens is 7. The Balaban J connectivity index is 1.56. The van der Waals surface area contributed by atoms with Crippen molar-refractivity contribution in [2.24, 2.45) is 4.99 Å². The molecule has 1 amide bonds. The van der Waals surface area contributed by atoms with Crippen molar-refractivity contribution in [3.8, 4) is 0 Å². The number of fused-ring (bicyclic) bond motifs is 1. The lowest BCUT2D eigenvalue weighted by molar-refractivity contribution is -0.143. The number of benzene rings is 2. The summed E-state index contributed by atoms with van der Waals surface area (Å²) in [4.78, 5) is 21.4. The molecule has 0 unspecified atom stereocenters. The number of aromatic nitrogens is 2. The van der Waals surface area contributed by atoms with Crippen LogP contribution in [0.1, 0.15) is 36.1 Å². The molecular weight excluding hydrogens is 683 g/mol. The van der Waals surface area contributed by atoms with Crippen molar-refractivity contribution < 1.29 is 31.1 Å². The van der Waals surface area contributed by atoms with Gasteiger partial charge in [-0.25, -0.2) is 0 Å². The Morgan fingerprint density at radius 1 is 1.00 bits per heavy atom. The summed E-state index contributed by atoms with van der Waals surface area (Å²) < 4.78 is 82.0. The summed E-state index contributed by atoms with van der Waals surface area (Å²) in [6, 6.07) is 6.74. The maximum atomic E-state index is 13.7. The summed E-state index contributed by atoms with van der Waals surface area (Å²) in [7, 11) is 1.88. The van der Waals surface area contributed by atoms with Crippen molar-refractivity contribution in [1.29, 1.82) is 0 Å². The molecule has 0 bridgehead atoms. The molecule has 3 aromatic rings. The maximum absolute atomic E-state index is 13.7. The summed E-state index contributed by atoms with van der Waals surface area (Å²) in [5.74, 6) is -0.354. The quantitative estimate of drug-likeness (QED) is 0.144. The number of alkyl halides is 6. The fraction of sp³-hybridized carbons (Fsp3) is 0.370. The number of amidine groups is 1. The van der Waals surface area contributed by atoms with Crippen LogP contribution >= 0.6 is 34.4 Å². The summed E-state index contributed by atoms with van der Waals surface area (Å²) in [6.07, 6.45) is -8.17. The van der Waals surface area contributed by atoms with Gasteiger partial charge in [-0.2, -0.15) is 36.4 Å². The predicted molar refractivity (Wildman–Crippen MR) is 156 cm³/mol. The molecule has 0 spiro atoms. The van der Waals surface area contributed by atoms with Crippen LogP contribution in [-0.2, 0) is 23.7 Å². The van der Waals surface area contributed by atoms with Crippen molar-refractivity contribution in [2.75, 3.05) is 33.2 Å². The molecule has 1 aromatic heterocycles. The van der Waals surface area contributed by atoms with Gasteiger partial charge >= 0.3 is 12.4 Å². The number of hydrogen-bond donors (Lipinski definition) is 0. The van der Waals surface area contributed by atoms with Crippen molar-refractivity contribution in [2.45, 2.75) is 32.7 Å². The Bertz CT molecular complexity index is 1510. The number of aliphatic imine (C=N–C) groups is 1. The van der Waals surface area contributed by atoms with E-state index in [-0.39, 0.29) is 24.1 Å². The molecule has 2 heterocycles. The van der Waals surface area contributed by atoms with Gasteiger partial charge in [0.2, 0.25) is 0 Å². The van der Waals surface area contributed by atoms with E-state index in [0.29, 0.717) is 42.9 Å². The number of likely N-dealkylation sites (N-methyl/N-ethyl adjacent to an activating group) is 2. The SMILES string of the molecule is CCN(CC)CCN(C)C1=NC(=O)/C(=C/c2ccc3c(c2)c(I)nn3Cc2ccc(C(F)(F)F)cc2C(F)(F)F)S1. The van der Waals surface area contributed by atoms with Crippen LogP contribution in [0.15, 0.2) is 46.3 Å². The number of carbonyl (C=O) groups excluding carboxylic acids is 1. The molecule has 220 valence electrons. The number of nitrogens with zero attached hydrogens (tertiary/aromatic N) is 5. The Kier molecular flexibility index (Phi) is 9.43. The molecule has 1 aliphatic rings. The van der Waals surface area contributed by atoms with Crippen molar-refractivity contribution in [3.05, 3.63) is 67.3 Å². The topological polar surface area (TPSA) is 53.7 Å². The van der Waals surface area contributed by atoms with Crippen LogP contribution in [-0.4, -0.2) is 63.9 Å². The highest BCUT2D eigenvalue weighted by Crippen LogP contribution is 2.38. The van der Waals surface area contributed by atoms with Gasteiger partial charge < -0.3 is 9.80 Å². The largest absolute Gasteiger partial charge is 0.416 e. The van der Waals surface area contributed by atoms with Crippen LogP contribution in [0.4, 0.5) is 26.3 Å². The number of rotatable bonds is 8. The lowest BCUT2D eigenvalue weighted by atomic mass is 10.0. The normalized spacial score (nSPS) is 15.4. The molecule has 4 rings (SSSR count). The Morgan fingerprint density at radius 2 is 1.71 bits per heavy atom. The minimum atomic E-state index is -4.97.